The average molecular weight is 457 g/mol. The molecular formula is C28H28N2O4. The van der Waals surface area contributed by atoms with Crippen molar-refractivity contribution in [3.05, 3.63) is 89.1 Å². The molecule has 3 aromatic carbocycles. The summed E-state index contributed by atoms with van der Waals surface area (Å²) in [6.07, 6.45) is 1.08. The van der Waals surface area contributed by atoms with Gasteiger partial charge in [0.2, 0.25) is 0 Å². The van der Waals surface area contributed by atoms with E-state index in [1.807, 2.05) is 67.6 Å². The Morgan fingerprint density at radius 2 is 1.74 bits per heavy atom. The number of phenols is 1. The van der Waals surface area contributed by atoms with Crippen LogP contribution in [0.2, 0.25) is 0 Å². The number of Topliss-reactive ketones (excluding diaryl/α,β-unsaturated/α-hetero) is 1. The van der Waals surface area contributed by atoms with Crippen molar-refractivity contribution in [2.45, 2.75) is 31.7 Å². The summed E-state index contributed by atoms with van der Waals surface area (Å²) in [6, 6.07) is 20.8. The van der Waals surface area contributed by atoms with Gasteiger partial charge in [0.15, 0.2) is 17.3 Å². The minimum Gasteiger partial charge on any atom is -0.504 e. The third-order valence-electron chi connectivity index (χ3n) is 6.53. The Bertz CT molecular complexity index is 1250. The maximum atomic E-state index is 13.7. The van der Waals surface area contributed by atoms with Gasteiger partial charge in [-0.2, -0.15) is 0 Å². The normalized spacial score (nSPS) is 19.3. The second kappa shape index (κ2) is 9.14. The minimum absolute atomic E-state index is 0.0372. The lowest BCUT2D eigenvalue weighted by atomic mass is 9.78. The summed E-state index contributed by atoms with van der Waals surface area (Å²) < 4.78 is 10.9. The number of hydrogen-bond acceptors (Lipinski definition) is 6. The predicted octanol–water partition coefficient (Wildman–Crippen LogP) is 5.78. The molecule has 0 aromatic heterocycles. The first-order valence-electron chi connectivity index (χ1n) is 11.6. The van der Waals surface area contributed by atoms with Crippen molar-refractivity contribution in [2.75, 3.05) is 24.4 Å². The minimum atomic E-state index is -0.505. The van der Waals surface area contributed by atoms with Crippen LogP contribution in [0, 0.1) is 0 Å². The SMILES string of the molecule is CCOc1ccc(C2CC(=O)C3=C(C2)Nc2ccccc2NC3c2cccc(OC)c2O)cc1. The molecule has 2 unspecified atom stereocenters. The molecule has 3 N–H and O–H groups in total. The molecule has 0 spiro atoms. The molecule has 0 amide bonds. The smallest absolute Gasteiger partial charge is 0.163 e. The monoisotopic (exact) mass is 456 g/mol. The topological polar surface area (TPSA) is 79.8 Å². The first-order chi connectivity index (χ1) is 16.6. The fourth-order valence-electron chi connectivity index (χ4n) is 4.90. The lowest BCUT2D eigenvalue weighted by Crippen LogP contribution is -2.27. The molecular weight excluding hydrogens is 428 g/mol. The maximum Gasteiger partial charge on any atom is 0.163 e. The van der Waals surface area contributed by atoms with Crippen LogP contribution in [0.3, 0.4) is 0 Å². The second-order valence-corrected chi connectivity index (χ2v) is 8.57. The van der Waals surface area contributed by atoms with E-state index in [1.54, 1.807) is 6.07 Å². The van der Waals surface area contributed by atoms with Crippen LogP contribution < -0.4 is 20.1 Å². The highest BCUT2D eigenvalue weighted by Gasteiger charge is 2.37. The van der Waals surface area contributed by atoms with Gasteiger partial charge in [-0.3, -0.25) is 4.79 Å². The zero-order valence-electron chi connectivity index (χ0n) is 19.3. The van der Waals surface area contributed by atoms with E-state index in [4.69, 9.17) is 9.47 Å². The van der Waals surface area contributed by atoms with Crippen LogP contribution in [0.1, 0.15) is 42.9 Å². The zero-order chi connectivity index (χ0) is 23.7. The largest absolute Gasteiger partial charge is 0.504 e. The molecule has 0 saturated heterocycles. The summed E-state index contributed by atoms with van der Waals surface area (Å²) in [5.41, 5.74) is 5.02. The number of carbonyl (C=O) groups excluding carboxylic acids is 1. The van der Waals surface area contributed by atoms with Crippen LogP contribution in [-0.4, -0.2) is 24.6 Å². The number of allylic oxidation sites excluding steroid dienone is 1. The van der Waals surface area contributed by atoms with Crippen molar-refractivity contribution >= 4 is 17.2 Å². The lowest BCUT2D eigenvalue weighted by molar-refractivity contribution is -0.116. The first kappa shape index (κ1) is 21.9. The number of anilines is 2. The van der Waals surface area contributed by atoms with Crippen LogP contribution in [0.4, 0.5) is 11.4 Å². The van der Waals surface area contributed by atoms with Gasteiger partial charge >= 0.3 is 0 Å². The molecule has 0 bridgehead atoms. The molecule has 174 valence electrons. The van der Waals surface area contributed by atoms with E-state index in [-0.39, 0.29) is 17.5 Å². The van der Waals surface area contributed by atoms with Crippen LogP contribution >= 0.6 is 0 Å². The molecule has 5 rings (SSSR count). The van der Waals surface area contributed by atoms with Crippen molar-refractivity contribution in [1.82, 2.24) is 0 Å². The molecule has 2 atom stereocenters. The molecule has 2 aliphatic rings. The van der Waals surface area contributed by atoms with E-state index in [2.05, 4.69) is 10.6 Å². The van der Waals surface area contributed by atoms with Crippen molar-refractivity contribution < 1.29 is 19.4 Å². The fraction of sp³-hybridized carbons (Fsp3) is 0.250. The number of ketones is 1. The van der Waals surface area contributed by atoms with Crippen molar-refractivity contribution in [3.63, 3.8) is 0 Å². The van der Waals surface area contributed by atoms with Gasteiger partial charge in [-0.25, -0.2) is 0 Å². The number of ether oxygens (including phenoxy) is 2. The zero-order valence-corrected chi connectivity index (χ0v) is 19.3. The van der Waals surface area contributed by atoms with Crippen molar-refractivity contribution in [1.29, 1.82) is 0 Å². The second-order valence-electron chi connectivity index (χ2n) is 8.57. The van der Waals surface area contributed by atoms with E-state index < -0.39 is 6.04 Å². The highest BCUT2D eigenvalue weighted by Crippen LogP contribution is 2.47. The quantitative estimate of drug-likeness (QED) is 0.452. The number of carbonyl (C=O) groups is 1. The van der Waals surface area contributed by atoms with Gasteiger partial charge in [0.1, 0.15) is 5.75 Å². The number of phenolic OH excluding ortho intramolecular Hbond substituents is 1. The Balaban J connectivity index is 1.58. The van der Waals surface area contributed by atoms with Gasteiger partial charge in [0.25, 0.3) is 0 Å². The maximum absolute atomic E-state index is 13.7. The van der Waals surface area contributed by atoms with Crippen LogP contribution in [0.25, 0.3) is 0 Å². The van der Waals surface area contributed by atoms with E-state index >= 15 is 0 Å². The number of para-hydroxylation sites is 3. The molecule has 6 heteroatoms. The fourth-order valence-corrected chi connectivity index (χ4v) is 4.90. The molecule has 6 nitrogen and oxygen atoms in total. The number of fused-ring (bicyclic) bond motifs is 1. The Kier molecular flexibility index (Phi) is 5.88. The number of benzene rings is 3. The lowest BCUT2D eigenvalue weighted by Gasteiger charge is -2.30. The molecule has 3 aromatic rings. The summed E-state index contributed by atoms with van der Waals surface area (Å²) in [4.78, 5) is 13.7. The van der Waals surface area contributed by atoms with E-state index in [9.17, 15) is 9.90 Å². The highest BCUT2D eigenvalue weighted by molar-refractivity contribution is 6.01. The van der Waals surface area contributed by atoms with Crippen molar-refractivity contribution in [3.8, 4) is 17.2 Å². The third kappa shape index (κ3) is 3.96. The number of methoxy groups -OCH3 is 1. The molecule has 34 heavy (non-hydrogen) atoms. The van der Waals surface area contributed by atoms with Crippen LogP contribution in [0.15, 0.2) is 78.0 Å². The summed E-state index contributed by atoms with van der Waals surface area (Å²) >= 11 is 0. The summed E-state index contributed by atoms with van der Waals surface area (Å²) in [5.74, 6) is 1.35. The Hall–Kier alpha value is -3.93. The van der Waals surface area contributed by atoms with Crippen molar-refractivity contribution in [2.24, 2.45) is 0 Å². The van der Waals surface area contributed by atoms with Gasteiger partial charge in [-0.15, -0.1) is 0 Å². The number of nitrogens with one attached hydrogen (secondary N) is 2. The summed E-state index contributed by atoms with van der Waals surface area (Å²) in [6.45, 7) is 2.58. The number of rotatable bonds is 5. The van der Waals surface area contributed by atoms with Gasteiger partial charge in [0, 0.05) is 23.3 Å². The molecule has 0 saturated carbocycles. The molecule has 0 radical (unpaired) electrons. The van der Waals surface area contributed by atoms with E-state index in [1.165, 1.54) is 7.11 Å². The highest BCUT2D eigenvalue weighted by atomic mass is 16.5. The van der Waals surface area contributed by atoms with Gasteiger partial charge in [0.05, 0.1) is 31.1 Å². The van der Waals surface area contributed by atoms with E-state index in [0.717, 1.165) is 28.4 Å². The molecule has 1 heterocycles. The summed E-state index contributed by atoms with van der Waals surface area (Å²) in [7, 11) is 1.52. The Morgan fingerprint density at radius 3 is 2.47 bits per heavy atom. The molecule has 0 fully saturated rings. The van der Waals surface area contributed by atoms with E-state index in [0.29, 0.717) is 36.3 Å². The molecule has 1 aliphatic heterocycles. The van der Waals surface area contributed by atoms with Crippen LogP contribution in [0.5, 0.6) is 17.2 Å². The standard InChI is InChI=1S/C28H28N2O4/c1-3-34-19-13-11-17(12-14-19)18-15-23-26(24(31)16-18)27(20-7-6-10-25(33-2)28(20)32)30-22-9-5-4-8-21(22)29-23/h4-14,18,27,29-30,32H,3,15-16H2,1-2H3. The number of aromatic hydroxyl groups is 1. The predicted molar refractivity (Wildman–Crippen MR) is 133 cm³/mol. The van der Waals surface area contributed by atoms with Gasteiger partial charge in [-0.05, 0) is 55.2 Å². The van der Waals surface area contributed by atoms with Gasteiger partial charge < -0.3 is 25.2 Å². The average Bonchev–Trinajstić information content (AvgIpc) is 3.02. The first-order valence-corrected chi connectivity index (χ1v) is 11.6. The number of hydrogen-bond donors (Lipinski definition) is 3. The van der Waals surface area contributed by atoms with Gasteiger partial charge in [-0.1, -0.05) is 36.4 Å². The third-order valence-corrected chi connectivity index (χ3v) is 6.53. The Morgan fingerprint density at radius 1 is 0.971 bits per heavy atom. The summed E-state index contributed by atoms with van der Waals surface area (Å²) in [5, 5.41) is 18.0. The van der Waals surface area contributed by atoms with Crippen LogP contribution in [-0.2, 0) is 4.79 Å². The molecule has 1 aliphatic carbocycles. The Labute approximate surface area is 199 Å².